The number of rotatable bonds is 9. The van der Waals surface area contributed by atoms with E-state index in [-0.39, 0.29) is 11.4 Å². The van der Waals surface area contributed by atoms with Gasteiger partial charge in [0.15, 0.2) is 5.96 Å². The Kier molecular flexibility index (Phi) is 8.28. The number of hydrogen-bond acceptors (Lipinski definition) is 5. The number of halogens is 1. The van der Waals surface area contributed by atoms with Crippen LogP contribution in [0.3, 0.4) is 0 Å². The maximum absolute atomic E-state index is 12.3. The summed E-state index contributed by atoms with van der Waals surface area (Å²) in [5.74, 6) is 1.42. The third-order valence-electron chi connectivity index (χ3n) is 4.08. The number of aryl methyl sites for hydroxylation is 2. The van der Waals surface area contributed by atoms with Gasteiger partial charge < -0.3 is 15.2 Å². The summed E-state index contributed by atoms with van der Waals surface area (Å²) in [5.41, 5.74) is 1.96. The first kappa shape index (κ1) is 22.2. The van der Waals surface area contributed by atoms with E-state index in [0.717, 1.165) is 29.9 Å². The van der Waals surface area contributed by atoms with Crippen LogP contribution in [0, 0.1) is 0 Å². The molecule has 0 radical (unpaired) electrons. The molecular formula is C18H26ClN5O3S. The highest BCUT2D eigenvalue weighted by Gasteiger charge is 2.15. The van der Waals surface area contributed by atoms with Gasteiger partial charge >= 0.3 is 0 Å². The van der Waals surface area contributed by atoms with E-state index in [4.69, 9.17) is 16.1 Å². The zero-order chi connectivity index (χ0) is 20.6. The Hall–Kier alpha value is -2.10. The molecule has 3 N–H and O–H groups in total. The summed E-state index contributed by atoms with van der Waals surface area (Å²) >= 11 is 5.85. The molecule has 1 aromatic carbocycles. The Morgan fingerprint density at radius 1 is 1.21 bits per heavy atom. The van der Waals surface area contributed by atoms with Crippen molar-refractivity contribution in [2.24, 2.45) is 4.99 Å². The van der Waals surface area contributed by atoms with Gasteiger partial charge in [-0.25, -0.2) is 13.1 Å². The van der Waals surface area contributed by atoms with Crippen molar-refractivity contribution in [3.8, 4) is 0 Å². The van der Waals surface area contributed by atoms with E-state index in [1.54, 1.807) is 19.2 Å². The highest BCUT2D eigenvalue weighted by molar-refractivity contribution is 7.89. The van der Waals surface area contributed by atoms with Crippen LogP contribution in [0.2, 0.25) is 5.02 Å². The Balaban J connectivity index is 1.84. The standard InChI is InChI=1S/C18H26ClN5O3S/c1-4-16-15(17(5-2)27-24-16)12-22-18(20-3)21-9-10-23-28(25,26)14-8-6-7-13(19)11-14/h6-8,11,23H,4-5,9-10,12H2,1-3H3,(H2,20,21,22). The minimum atomic E-state index is -3.61. The number of nitrogens with zero attached hydrogens (tertiary/aromatic N) is 2. The summed E-state index contributed by atoms with van der Waals surface area (Å²) in [4.78, 5) is 4.28. The van der Waals surface area contributed by atoms with Gasteiger partial charge in [0, 0.05) is 43.7 Å². The lowest BCUT2D eigenvalue weighted by Crippen LogP contribution is -2.41. The smallest absolute Gasteiger partial charge is 0.240 e. The van der Waals surface area contributed by atoms with Gasteiger partial charge in [-0.2, -0.15) is 0 Å². The molecule has 0 spiro atoms. The quantitative estimate of drug-likeness (QED) is 0.321. The zero-order valence-electron chi connectivity index (χ0n) is 16.3. The second-order valence-corrected chi connectivity index (χ2v) is 8.15. The largest absolute Gasteiger partial charge is 0.361 e. The molecule has 0 aliphatic heterocycles. The molecule has 0 aliphatic rings. The van der Waals surface area contributed by atoms with Gasteiger partial charge in [-0.3, -0.25) is 4.99 Å². The molecule has 0 unspecified atom stereocenters. The molecule has 1 aromatic heterocycles. The molecule has 10 heteroatoms. The van der Waals surface area contributed by atoms with Gasteiger partial charge in [-0.1, -0.05) is 36.7 Å². The maximum Gasteiger partial charge on any atom is 0.240 e. The monoisotopic (exact) mass is 427 g/mol. The topological polar surface area (TPSA) is 109 Å². The number of guanidine groups is 1. The molecule has 0 aliphatic carbocycles. The molecule has 0 amide bonds. The lowest BCUT2D eigenvalue weighted by molar-refractivity contribution is 0.380. The molecule has 0 bridgehead atoms. The SMILES string of the molecule is CCc1noc(CC)c1CNC(=NC)NCCNS(=O)(=O)c1cccc(Cl)c1. The van der Waals surface area contributed by atoms with Crippen molar-refractivity contribution in [3.05, 3.63) is 46.3 Å². The minimum absolute atomic E-state index is 0.133. The highest BCUT2D eigenvalue weighted by atomic mass is 35.5. The van der Waals surface area contributed by atoms with E-state index >= 15 is 0 Å². The fourth-order valence-corrected chi connectivity index (χ4v) is 3.95. The number of aromatic nitrogens is 1. The van der Waals surface area contributed by atoms with E-state index < -0.39 is 10.0 Å². The molecule has 2 rings (SSSR count). The number of aliphatic imine (C=N–C) groups is 1. The predicted molar refractivity (Wildman–Crippen MR) is 110 cm³/mol. The van der Waals surface area contributed by atoms with Crippen molar-refractivity contribution in [2.75, 3.05) is 20.1 Å². The van der Waals surface area contributed by atoms with Gasteiger partial charge in [-0.15, -0.1) is 0 Å². The molecule has 2 aromatic rings. The van der Waals surface area contributed by atoms with Gasteiger partial charge in [0.1, 0.15) is 5.76 Å². The molecule has 0 atom stereocenters. The Labute approximate surface area is 170 Å². The van der Waals surface area contributed by atoms with Crippen LogP contribution in [0.5, 0.6) is 0 Å². The Morgan fingerprint density at radius 3 is 2.64 bits per heavy atom. The third kappa shape index (κ3) is 5.95. The summed E-state index contributed by atoms with van der Waals surface area (Å²) in [7, 11) is -1.96. The second kappa shape index (κ2) is 10.4. The summed E-state index contributed by atoms with van der Waals surface area (Å²) in [6.07, 6.45) is 1.55. The number of hydrogen-bond donors (Lipinski definition) is 3. The molecule has 154 valence electrons. The summed E-state index contributed by atoms with van der Waals surface area (Å²) in [5, 5.41) is 10.7. The van der Waals surface area contributed by atoms with Crippen molar-refractivity contribution in [1.82, 2.24) is 20.5 Å². The third-order valence-corrected chi connectivity index (χ3v) is 5.77. The maximum atomic E-state index is 12.3. The molecular weight excluding hydrogens is 402 g/mol. The van der Waals surface area contributed by atoms with Crippen molar-refractivity contribution in [1.29, 1.82) is 0 Å². The van der Waals surface area contributed by atoms with Gasteiger partial charge in [0.05, 0.1) is 10.6 Å². The summed E-state index contributed by atoms with van der Waals surface area (Å²) in [6.45, 7) is 5.14. The average Bonchev–Trinajstić information content (AvgIpc) is 3.09. The molecule has 0 saturated heterocycles. The van der Waals surface area contributed by atoms with Crippen LogP contribution in [-0.4, -0.2) is 39.7 Å². The lowest BCUT2D eigenvalue weighted by Gasteiger charge is -2.13. The lowest BCUT2D eigenvalue weighted by atomic mass is 10.1. The fraction of sp³-hybridized carbons (Fsp3) is 0.444. The van der Waals surface area contributed by atoms with Gasteiger partial charge in [0.2, 0.25) is 10.0 Å². The van der Waals surface area contributed by atoms with E-state index in [9.17, 15) is 8.42 Å². The van der Waals surface area contributed by atoms with E-state index in [1.807, 2.05) is 13.8 Å². The van der Waals surface area contributed by atoms with Crippen molar-refractivity contribution >= 4 is 27.6 Å². The first-order chi connectivity index (χ1) is 13.4. The van der Waals surface area contributed by atoms with E-state index in [1.165, 1.54) is 12.1 Å². The zero-order valence-corrected chi connectivity index (χ0v) is 17.8. The van der Waals surface area contributed by atoms with Crippen LogP contribution in [0.15, 0.2) is 38.7 Å². The van der Waals surface area contributed by atoms with Crippen molar-refractivity contribution in [2.45, 2.75) is 38.1 Å². The van der Waals surface area contributed by atoms with E-state index in [0.29, 0.717) is 24.1 Å². The summed E-state index contributed by atoms with van der Waals surface area (Å²) in [6, 6.07) is 6.13. The van der Waals surface area contributed by atoms with Crippen LogP contribution < -0.4 is 15.4 Å². The summed E-state index contributed by atoms with van der Waals surface area (Å²) < 4.78 is 32.4. The molecule has 0 saturated carbocycles. The van der Waals surface area contributed by atoms with Crippen molar-refractivity contribution in [3.63, 3.8) is 0 Å². The fourth-order valence-electron chi connectivity index (χ4n) is 2.61. The Bertz CT molecular complexity index is 890. The average molecular weight is 428 g/mol. The number of sulfonamides is 1. The molecule has 8 nitrogen and oxygen atoms in total. The minimum Gasteiger partial charge on any atom is -0.361 e. The Morgan fingerprint density at radius 2 is 2.00 bits per heavy atom. The van der Waals surface area contributed by atoms with E-state index in [2.05, 4.69) is 25.5 Å². The number of nitrogens with one attached hydrogen (secondary N) is 3. The van der Waals surface area contributed by atoms with Crippen LogP contribution in [-0.2, 0) is 29.4 Å². The first-order valence-corrected chi connectivity index (χ1v) is 10.9. The highest BCUT2D eigenvalue weighted by Crippen LogP contribution is 2.16. The van der Waals surface area contributed by atoms with Gasteiger partial charge in [-0.05, 0) is 24.6 Å². The normalized spacial score (nSPS) is 12.2. The predicted octanol–water partition coefficient (Wildman–Crippen LogP) is 2.10. The van der Waals surface area contributed by atoms with Crippen molar-refractivity contribution < 1.29 is 12.9 Å². The second-order valence-electron chi connectivity index (χ2n) is 5.95. The van der Waals surface area contributed by atoms with Crippen LogP contribution in [0.25, 0.3) is 0 Å². The number of benzene rings is 1. The first-order valence-electron chi connectivity index (χ1n) is 9.07. The van der Waals surface area contributed by atoms with Crippen LogP contribution in [0.1, 0.15) is 30.9 Å². The molecule has 1 heterocycles. The van der Waals surface area contributed by atoms with Gasteiger partial charge in [0.25, 0.3) is 0 Å². The van der Waals surface area contributed by atoms with Crippen LogP contribution in [0.4, 0.5) is 0 Å². The van der Waals surface area contributed by atoms with Crippen LogP contribution >= 0.6 is 11.6 Å². The molecule has 0 fully saturated rings. The molecule has 28 heavy (non-hydrogen) atoms.